The van der Waals surface area contributed by atoms with Gasteiger partial charge in [0.1, 0.15) is 5.75 Å². The van der Waals surface area contributed by atoms with Gasteiger partial charge in [-0.15, -0.1) is 0 Å². The molecule has 1 saturated heterocycles. The van der Waals surface area contributed by atoms with Crippen LogP contribution in [0.2, 0.25) is 0 Å². The number of carbonyl (C=O) groups is 2. The van der Waals surface area contributed by atoms with E-state index >= 15 is 0 Å². The van der Waals surface area contributed by atoms with E-state index in [1.54, 1.807) is 48.5 Å². The Bertz CT molecular complexity index is 766. The highest BCUT2D eigenvalue weighted by Crippen LogP contribution is 2.18. The fourth-order valence-electron chi connectivity index (χ4n) is 2.55. The highest BCUT2D eigenvalue weighted by molar-refractivity contribution is 5.92. The molecule has 1 fully saturated rings. The van der Waals surface area contributed by atoms with E-state index in [1.807, 2.05) is 7.05 Å². The van der Waals surface area contributed by atoms with Gasteiger partial charge < -0.3 is 19.5 Å². The Morgan fingerprint density at radius 1 is 1.00 bits per heavy atom. The van der Waals surface area contributed by atoms with Crippen molar-refractivity contribution in [1.82, 2.24) is 0 Å². The van der Waals surface area contributed by atoms with Gasteiger partial charge in [-0.25, -0.2) is 9.59 Å². The van der Waals surface area contributed by atoms with Gasteiger partial charge in [0, 0.05) is 12.7 Å². The largest absolute Gasteiger partial charge is 0.462 e. The van der Waals surface area contributed by atoms with Crippen LogP contribution in [0.4, 0.5) is 5.69 Å². The second kappa shape index (κ2) is 9.19. The molecule has 0 saturated carbocycles. The first-order valence-electron chi connectivity index (χ1n) is 9.04. The number of hydrogen-bond donors (Lipinski definition) is 1. The van der Waals surface area contributed by atoms with Crippen LogP contribution in [0.5, 0.6) is 5.75 Å². The van der Waals surface area contributed by atoms with Crippen molar-refractivity contribution in [2.24, 2.45) is 0 Å². The van der Waals surface area contributed by atoms with Crippen molar-refractivity contribution in [3.63, 3.8) is 0 Å². The number of anilines is 1. The molecule has 2 aromatic carbocycles. The summed E-state index contributed by atoms with van der Waals surface area (Å²) in [7, 11) is 1.81. The number of ether oxygens (including phenoxy) is 3. The first-order valence-corrected chi connectivity index (χ1v) is 9.04. The molecule has 0 spiro atoms. The molecule has 1 atom stereocenters. The van der Waals surface area contributed by atoms with E-state index in [0.29, 0.717) is 29.6 Å². The van der Waals surface area contributed by atoms with Crippen LogP contribution in [0.25, 0.3) is 0 Å². The Balaban J connectivity index is 1.45. The zero-order valence-corrected chi connectivity index (χ0v) is 15.3. The maximum absolute atomic E-state index is 12.1. The van der Waals surface area contributed by atoms with Crippen molar-refractivity contribution in [3.05, 3.63) is 59.7 Å². The third-order valence-electron chi connectivity index (χ3n) is 4.27. The lowest BCUT2D eigenvalue weighted by atomic mass is 10.2. The first-order chi connectivity index (χ1) is 13.2. The molecule has 27 heavy (non-hydrogen) atoms. The van der Waals surface area contributed by atoms with E-state index < -0.39 is 5.97 Å². The third-order valence-corrected chi connectivity index (χ3v) is 4.27. The quantitative estimate of drug-likeness (QED) is 0.314. The zero-order valence-electron chi connectivity index (χ0n) is 15.3. The molecule has 1 aliphatic rings. The van der Waals surface area contributed by atoms with E-state index in [2.05, 4.69) is 5.32 Å². The minimum atomic E-state index is -0.451. The molecule has 1 aliphatic heterocycles. The van der Waals surface area contributed by atoms with Crippen molar-refractivity contribution in [2.75, 3.05) is 25.6 Å². The number of carbonyl (C=O) groups excluding carboxylic acids is 2. The van der Waals surface area contributed by atoms with Crippen LogP contribution in [-0.2, 0) is 9.47 Å². The topological polar surface area (TPSA) is 77.2 Å². The lowest BCUT2D eigenvalue weighted by Gasteiger charge is -2.07. The smallest absolute Gasteiger partial charge is 0.343 e. The van der Waals surface area contributed by atoms with Crippen molar-refractivity contribution in [2.45, 2.75) is 25.4 Å². The average molecular weight is 369 g/mol. The predicted molar refractivity (Wildman–Crippen MR) is 101 cm³/mol. The second-order valence-corrected chi connectivity index (χ2v) is 6.33. The summed E-state index contributed by atoms with van der Waals surface area (Å²) in [6.45, 7) is 1.25. The van der Waals surface area contributed by atoms with Gasteiger partial charge in [0.05, 0.1) is 30.4 Å². The zero-order chi connectivity index (χ0) is 19.1. The van der Waals surface area contributed by atoms with E-state index in [9.17, 15) is 9.59 Å². The first kappa shape index (κ1) is 18.9. The Kier molecular flexibility index (Phi) is 6.44. The molecule has 0 amide bonds. The van der Waals surface area contributed by atoms with Crippen molar-refractivity contribution < 1.29 is 23.8 Å². The predicted octanol–water partition coefficient (Wildman–Crippen LogP) is 3.67. The Morgan fingerprint density at radius 3 is 2.26 bits per heavy atom. The molecule has 142 valence electrons. The normalized spacial score (nSPS) is 15.1. The maximum Gasteiger partial charge on any atom is 0.343 e. The molecule has 6 nitrogen and oxygen atoms in total. The Labute approximate surface area is 158 Å². The van der Waals surface area contributed by atoms with Crippen molar-refractivity contribution in [3.8, 4) is 5.75 Å². The maximum atomic E-state index is 12.1. The number of hydrogen-bond acceptors (Lipinski definition) is 6. The summed E-state index contributed by atoms with van der Waals surface area (Å²) in [6.07, 6.45) is 3.25. The van der Waals surface area contributed by atoms with Gasteiger partial charge in [0.2, 0.25) is 0 Å². The van der Waals surface area contributed by atoms with Crippen LogP contribution in [0.3, 0.4) is 0 Å². The summed E-state index contributed by atoms with van der Waals surface area (Å²) in [4.78, 5) is 24.2. The molecule has 0 aliphatic carbocycles. The lowest BCUT2D eigenvalue weighted by Crippen LogP contribution is -2.09. The molecule has 0 radical (unpaired) electrons. The third kappa shape index (κ3) is 5.82. The van der Waals surface area contributed by atoms with E-state index in [-0.39, 0.29) is 5.97 Å². The van der Waals surface area contributed by atoms with Crippen molar-refractivity contribution in [1.29, 1.82) is 0 Å². The van der Waals surface area contributed by atoms with Gasteiger partial charge in [-0.3, -0.25) is 0 Å². The number of benzene rings is 2. The van der Waals surface area contributed by atoms with Gasteiger partial charge in [0.15, 0.2) is 0 Å². The number of rotatable bonds is 9. The SMILES string of the molecule is CNc1ccc(C(=O)Oc2ccc(C(=O)OCCCCC3CO3)cc2)cc1. The van der Waals surface area contributed by atoms with Gasteiger partial charge in [0.25, 0.3) is 0 Å². The van der Waals surface area contributed by atoms with Crippen molar-refractivity contribution >= 4 is 17.6 Å². The molecule has 6 heteroatoms. The highest BCUT2D eigenvalue weighted by atomic mass is 16.6. The number of unbranched alkanes of at least 4 members (excludes halogenated alkanes) is 1. The van der Waals surface area contributed by atoms with Gasteiger partial charge >= 0.3 is 11.9 Å². The fourth-order valence-corrected chi connectivity index (χ4v) is 2.55. The van der Waals surface area contributed by atoms with Gasteiger partial charge in [-0.05, 0) is 67.8 Å². The average Bonchev–Trinajstić information content (AvgIpc) is 3.52. The van der Waals surface area contributed by atoms with Crippen LogP contribution in [-0.4, -0.2) is 38.3 Å². The molecule has 2 aromatic rings. The van der Waals surface area contributed by atoms with Crippen LogP contribution in [0.1, 0.15) is 40.0 Å². The molecule has 1 heterocycles. The fraction of sp³-hybridized carbons (Fsp3) is 0.333. The summed E-state index contributed by atoms with van der Waals surface area (Å²) >= 11 is 0. The molecular formula is C21H23NO5. The summed E-state index contributed by atoms with van der Waals surface area (Å²) in [5, 5.41) is 2.99. The number of esters is 2. The monoisotopic (exact) mass is 369 g/mol. The lowest BCUT2D eigenvalue weighted by molar-refractivity contribution is 0.0497. The van der Waals surface area contributed by atoms with E-state index in [4.69, 9.17) is 14.2 Å². The minimum absolute atomic E-state index is 0.374. The molecule has 0 bridgehead atoms. The molecule has 1 N–H and O–H groups in total. The minimum Gasteiger partial charge on any atom is -0.462 e. The van der Waals surface area contributed by atoms with Crippen LogP contribution >= 0.6 is 0 Å². The molecular weight excluding hydrogens is 346 g/mol. The molecule has 0 aromatic heterocycles. The Hall–Kier alpha value is -2.86. The van der Waals surface area contributed by atoms with Gasteiger partial charge in [-0.2, -0.15) is 0 Å². The summed E-state index contributed by atoms with van der Waals surface area (Å²) in [5.41, 5.74) is 1.79. The highest BCUT2D eigenvalue weighted by Gasteiger charge is 2.21. The van der Waals surface area contributed by atoms with E-state index in [1.165, 1.54) is 0 Å². The number of nitrogens with one attached hydrogen (secondary N) is 1. The standard InChI is InChI=1S/C21H23NO5/c1-22-17-9-5-16(6-10-17)21(24)27-18-11-7-15(8-12-18)20(23)25-13-3-2-4-19-14-26-19/h5-12,19,22H,2-4,13-14H2,1H3. The summed E-state index contributed by atoms with van der Waals surface area (Å²) < 4.78 is 15.7. The summed E-state index contributed by atoms with van der Waals surface area (Å²) in [5.74, 6) is -0.454. The van der Waals surface area contributed by atoms with E-state index in [0.717, 1.165) is 31.6 Å². The molecule has 3 rings (SSSR count). The Morgan fingerprint density at radius 2 is 1.63 bits per heavy atom. The summed E-state index contributed by atoms with van der Waals surface area (Å²) in [6, 6.07) is 13.3. The van der Waals surface area contributed by atoms with Crippen LogP contribution < -0.4 is 10.1 Å². The number of epoxide rings is 1. The van der Waals surface area contributed by atoms with Crippen LogP contribution in [0.15, 0.2) is 48.5 Å². The van der Waals surface area contributed by atoms with Gasteiger partial charge in [-0.1, -0.05) is 0 Å². The molecule has 1 unspecified atom stereocenters. The van der Waals surface area contributed by atoms with Crippen LogP contribution in [0, 0.1) is 0 Å². The second-order valence-electron chi connectivity index (χ2n) is 6.33.